The minimum absolute atomic E-state index is 0.150. The van der Waals surface area contributed by atoms with Crippen LogP contribution in [-0.2, 0) is 5.75 Å². The first-order chi connectivity index (χ1) is 13.7. The number of carbonyl (C=O) groups excluding carboxylic acids is 1. The van der Waals surface area contributed by atoms with Crippen LogP contribution < -0.4 is 14.8 Å². The Morgan fingerprint density at radius 3 is 2.61 bits per heavy atom. The lowest BCUT2D eigenvalue weighted by Gasteiger charge is -2.10. The zero-order valence-electron chi connectivity index (χ0n) is 15.7. The molecule has 0 aliphatic carbocycles. The minimum atomic E-state index is -0.150. The molecule has 0 bridgehead atoms. The first kappa shape index (κ1) is 19.8. The standard InChI is InChI=1S/C20H21N3O4S/c1-14-22-19(27-23-14)13-28-18-6-4-3-5-17(18)20(24)21-11-12-26-16-9-7-15(25-2)8-10-16/h3-10H,11-13H2,1-2H3,(H,21,24). The van der Waals surface area contributed by atoms with Crippen LogP contribution in [0.15, 0.2) is 57.9 Å². The van der Waals surface area contributed by atoms with Crippen LogP contribution in [0.2, 0.25) is 0 Å². The summed E-state index contributed by atoms with van der Waals surface area (Å²) in [4.78, 5) is 17.6. The van der Waals surface area contributed by atoms with Gasteiger partial charge in [-0.3, -0.25) is 4.79 Å². The number of hydrogen-bond acceptors (Lipinski definition) is 7. The van der Waals surface area contributed by atoms with Gasteiger partial charge in [0.1, 0.15) is 18.1 Å². The maximum atomic E-state index is 12.5. The van der Waals surface area contributed by atoms with Crippen molar-refractivity contribution in [1.82, 2.24) is 15.5 Å². The number of nitrogens with one attached hydrogen (secondary N) is 1. The predicted octanol–water partition coefficient (Wildman–Crippen LogP) is 3.49. The van der Waals surface area contributed by atoms with Crippen molar-refractivity contribution in [3.8, 4) is 11.5 Å². The number of ether oxygens (including phenoxy) is 2. The van der Waals surface area contributed by atoms with E-state index in [1.54, 1.807) is 20.1 Å². The number of carbonyl (C=O) groups is 1. The molecule has 1 N–H and O–H groups in total. The predicted molar refractivity (Wildman–Crippen MR) is 106 cm³/mol. The monoisotopic (exact) mass is 399 g/mol. The Labute approximate surface area is 167 Å². The number of aryl methyl sites for hydroxylation is 1. The topological polar surface area (TPSA) is 86.5 Å². The molecule has 7 nitrogen and oxygen atoms in total. The van der Waals surface area contributed by atoms with Crippen molar-refractivity contribution in [3.63, 3.8) is 0 Å². The number of rotatable bonds is 9. The van der Waals surface area contributed by atoms with Gasteiger partial charge in [0.05, 0.1) is 25.0 Å². The van der Waals surface area contributed by atoms with Gasteiger partial charge in [-0.15, -0.1) is 11.8 Å². The molecule has 28 heavy (non-hydrogen) atoms. The highest BCUT2D eigenvalue weighted by atomic mass is 32.2. The number of methoxy groups -OCH3 is 1. The summed E-state index contributed by atoms with van der Waals surface area (Å²) in [5.74, 6) is 2.98. The molecule has 0 saturated heterocycles. The Bertz CT molecular complexity index is 912. The van der Waals surface area contributed by atoms with Crippen molar-refractivity contribution in [2.75, 3.05) is 20.3 Å². The van der Waals surface area contributed by atoms with E-state index < -0.39 is 0 Å². The van der Waals surface area contributed by atoms with Gasteiger partial charge in [0.25, 0.3) is 5.91 Å². The second-order valence-corrected chi connectivity index (χ2v) is 6.82. The Hall–Kier alpha value is -3.00. The smallest absolute Gasteiger partial charge is 0.252 e. The van der Waals surface area contributed by atoms with Gasteiger partial charge in [0.2, 0.25) is 5.89 Å². The van der Waals surface area contributed by atoms with E-state index in [-0.39, 0.29) is 5.91 Å². The lowest BCUT2D eigenvalue weighted by atomic mass is 10.2. The fourth-order valence-electron chi connectivity index (χ4n) is 2.42. The van der Waals surface area contributed by atoms with Crippen LogP contribution in [0.1, 0.15) is 22.1 Å². The summed E-state index contributed by atoms with van der Waals surface area (Å²) in [5.41, 5.74) is 0.605. The summed E-state index contributed by atoms with van der Waals surface area (Å²) >= 11 is 1.48. The first-order valence-electron chi connectivity index (χ1n) is 8.72. The van der Waals surface area contributed by atoms with Crippen LogP contribution >= 0.6 is 11.8 Å². The lowest BCUT2D eigenvalue weighted by molar-refractivity contribution is 0.0944. The average molecular weight is 399 g/mol. The molecule has 3 rings (SSSR count). The number of benzene rings is 2. The molecule has 146 valence electrons. The second kappa shape index (κ2) is 9.80. The van der Waals surface area contributed by atoms with Crippen LogP contribution in [0.25, 0.3) is 0 Å². The van der Waals surface area contributed by atoms with Gasteiger partial charge < -0.3 is 19.3 Å². The molecule has 1 heterocycles. The molecule has 0 aliphatic rings. The molecule has 0 aliphatic heterocycles. The van der Waals surface area contributed by atoms with E-state index in [2.05, 4.69) is 15.5 Å². The van der Waals surface area contributed by atoms with Gasteiger partial charge in [-0.1, -0.05) is 17.3 Å². The number of amides is 1. The molecule has 2 aromatic carbocycles. The van der Waals surface area contributed by atoms with Gasteiger partial charge >= 0.3 is 0 Å². The molecular formula is C20H21N3O4S. The molecule has 1 aromatic heterocycles. The molecule has 0 atom stereocenters. The summed E-state index contributed by atoms with van der Waals surface area (Å²) in [5, 5.41) is 6.65. The van der Waals surface area contributed by atoms with Gasteiger partial charge in [0.15, 0.2) is 5.82 Å². The van der Waals surface area contributed by atoms with E-state index in [9.17, 15) is 4.79 Å². The van der Waals surface area contributed by atoms with E-state index in [4.69, 9.17) is 14.0 Å². The maximum Gasteiger partial charge on any atom is 0.252 e. The summed E-state index contributed by atoms with van der Waals surface area (Å²) in [6.07, 6.45) is 0. The quantitative estimate of drug-likeness (QED) is 0.435. The molecule has 0 radical (unpaired) electrons. The highest BCUT2D eigenvalue weighted by molar-refractivity contribution is 7.98. The number of aromatic nitrogens is 2. The molecule has 8 heteroatoms. The maximum absolute atomic E-state index is 12.5. The number of hydrogen-bond donors (Lipinski definition) is 1. The van der Waals surface area contributed by atoms with Gasteiger partial charge in [0, 0.05) is 4.90 Å². The fourth-order valence-corrected chi connectivity index (χ4v) is 3.31. The second-order valence-electron chi connectivity index (χ2n) is 5.80. The molecule has 0 fully saturated rings. The molecule has 0 spiro atoms. The van der Waals surface area contributed by atoms with Crippen LogP contribution in [0, 0.1) is 6.92 Å². The highest BCUT2D eigenvalue weighted by Crippen LogP contribution is 2.25. The molecule has 1 amide bonds. The van der Waals surface area contributed by atoms with E-state index in [0.29, 0.717) is 36.2 Å². The van der Waals surface area contributed by atoms with Crippen molar-refractivity contribution < 1.29 is 18.8 Å². The van der Waals surface area contributed by atoms with Crippen molar-refractivity contribution in [1.29, 1.82) is 0 Å². The number of nitrogens with zero attached hydrogens (tertiary/aromatic N) is 2. The SMILES string of the molecule is COc1ccc(OCCNC(=O)c2ccccc2SCc2nc(C)no2)cc1. The zero-order valence-corrected chi connectivity index (χ0v) is 16.5. The largest absolute Gasteiger partial charge is 0.497 e. The lowest BCUT2D eigenvalue weighted by Crippen LogP contribution is -2.28. The highest BCUT2D eigenvalue weighted by Gasteiger charge is 2.12. The van der Waals surface area contributed by atoms with Crippen molar-refractivity contribution >= 4 is 17.7 Å². The Morgan fingerprint density at radius 1 is 1.14 bits per heavy atom. The van der Waals surface area contributed by atoms with Crippen LogP contribution in [0.3, 0.4) is 0 Å². The minimum Gasteiger partial charge on any atom is -0.497 e. The normalized spacial score (nSPS) is 10.5. The van der Waals surface area contributed by atoms with Gasteiger partial charge in [-0.25, -0.2) is 0 Å². The molecule has 3 aromatic rings. The molecule has 0 saturated carbocycles. The summed E-state index contributed by atoms with van der Waals surface area (Å²) in [6.45, 7) is 2.54. The third kappa shape index (κ3) is 5.50. The van der Waals surface area contributed by atoms with E-state index >= 15 is 0 Å². The average Bonchev–Trinajstić information content (AvgIpc) is 3.15. The zero-order chi connectivity index (χ0) is 19.8. The van der Waals surface area contributed by atoms with E-state index in [0.717, 1.165) is 16.4 Å². The van der Waals surface area contributed by atoms with Crippen molar-refractivity contribution in [2.24, 2.45) is 0 Å². The Balaban J connectivity index is 1.49. The van der Waals surface area contributed by atoms with Gasteiger partial charge in [-0.2, -0.15) is 4.98 Å². The summed E-state index contributed by atoms with van der Waals surface area (Å²) in [7, 11) is 1.62. The summed E-state index contributed by atoms with van der Waals surface area (Å²) in [6, 6.07) is 14.7. The number of thioether (sulfide) groups is 1. The van der Waals surface area contributed by atoms with Gasteiger partial charge in [-0.05, 0) is 43.3 Å². The van der Waals surface area contributed by atoms with E-state index in [1.165, 1.54) is 11.8 Å². The van der Waals surface area contributed by atoms with Crippen molar-refractivity contribution in [3.05, 3.63) is 65.8 Å². The third-order valence-corrected chi connectivity index (χ3v) is 4.83. The first-order valence-corrected chi connectivity index (χ1v) is 9.70. The fraction of sp³-hybridized carbons (Fsp3) is 0.250. The molecular weight excluding hydrogens is 378 g/mol. The van der Waals surface area contributed by atoms with E-state index in [1.807, 2.05) is 42.5 Å². The van der Waals surface area contributed by atoms with Crippen LogP contribution in [-0.4, -0.2) is 36.3 Å². The summed E-state index contributed by atoms with van der Waals surface area (Å²) < 4.78 is 15.8. The Morgan fingerprint density at radius 2 is 1.89 bits per heavy atom. The third-order valence-electron chi connectivity index (χ3n) is 3.77. The van der Waals surface area contributed by atoms with Crippen LogP contribution in [0.4, 0.5) is 0 Å². The van der Waals surface area contributed by atoms with Crippen LogP contribution in [0.5, 0.6) is 11.5 Å². The molecule has 0 unspecified atom stereocenters. The Kier molecular flexibility index (Phi) is 6.91. The van der Waals surface area contributed by atoms with Crippen molar-refractivity contribution in [2.45, 2.75) is 17.6 Å².